The van der Waals surface area contributed by atoms with Crippen LogP contribution < -0.4 is 16.0 Å². The number of carboxylic acid groups (broad SMARTS) is 1. The second-order valence-electron chi connectivity index (χ2n) is 5.06. The van der Waals surface area contributed by atoms with Crippen LogP contribution in [0.2, 0.25) is 0 Å². The first-order valence-corrected chi connectivity index (χ1v) is 6.45. The fourth-order valence-electron chi connectivity index (χ4n) is 1.50. The summed E-state index contributed by atoms with van der Waals surface area (Å²) in [6.45, 7) is 3.60. The van der Waals surface area contributed by atoms with Gasteiger partial charge in [-0.3, -0.25) is 9.59 Å². The highest BCUT2D eigenvalue weighted by atomic mass is 16.4. The lowest BCUT2D eigenvalue weighted by Crippen LogP contribution is -2.49. The van der Waals surface area contributed by atoms with Gasteiger partial charge in [0.25, 0.3) is 0 Å². The fraction of sp³-hybridized carbons (Fsp3) is 0.750. The standard InChI is InChI=1S/C12H21N3O4/c1-7(5-10(16)17)6-13-12(19)14-8(2)11(18)15-9-3-4-9/h7-9H,3-6H2,1-2H3,(H,15,18)(H,16,17)(H2,13,14,19). The molecule has 0 aromatic carbocycles. The molecule has 1 rings (SSSR count). The van der Waals surface area contributed by atoms with Crippen LogP contribution in [0.15, 0.2) is 0 Å². The SMILES string of the molecule is CC(CNC(=O)NC(C)C(=O)NC1CC1)CC(=O)O. The molecule has 7 nitrogen and oxygen atoms in total. The van der Waals surface area contributed by atoms with Gasteiger partial charge >= 0.3 is 12.0 Å². The molecule has 4 N–H and O–H groups in total. The van der Waals surface area contributed by atoms with Crippen LogP contribution in [0.4, 0.5) is 4.79 Å². The van der Waals surface area contributed by atoms with Gasteiger partial charge in [-0.1, -0.05) is 6.92 Å². The van der Waals surface area contributed by atoms with E-state index < -0.39 is 18.0 Å². The van der Waals surface area contributed by atoms with E-state index in [1.54, 1.807) is 13.8 Å². The molecular weight excluding hydrogens is 250 g/mol. The Bertz CT molecular complexity index is 355. The molecule has 0 aromatic rings. The lowest BCUT2D eigenvalue weighted by atomic mass is 10.1. The molecule has 0 heterocycles. The minimum atomic E-state index is -0.896. The zero-order valence-corrected chi connectivity index (χ0v) is 11.2. The summed E-state index contributed by atoms with van der Waals surface area (Å²) in [5.41, 5.74) is 0. The number of hydrogen-bond donors (Lipinski definition) is 4. The second-order valence-corrected chi connectivity index (χ2v) is 5.06. The van der Waals surface area contributed by atoms with Crippen molar-refractivity contribution in [2.24, 2.45) is 5.92 Å². The van der Waals surface area contributed by atoms with Gasteiger partial charge in [0.15, 0.2) is 0 Å². The van der Waals surface area contributed by atoms with Gasteiger partial charge in [0.05, 0.1) is 0 Å². The van der Waals surface area contributed by atoms with Crippen LogP contribution in [-0.2, 0) is 9.59 Å². The Morgan fingerprint density at radius 1 is 1.26 bits per heavy atom. The van der Waals surface area contributed by atoms with Gasteiger partial charge in [0, 0.05) is 19.0 Å². The minimum absolute atomic E-state index is 0.00198. The summed E-state index contributed by atoms with van der Waals surface area (Å²) in [6.07, 6.45) is 1.99. The summed E-state index contributed by atoms with van der Waals surface area (Å²) in [4.78, 5) is 33.5. The Morgan fingerprint density at radius 3 is 2.42 bits per heavy atom. The second kappa shape index (κ2) is 6.96. The number of carboxylic acids is 1. The van der Waals surface area contributed by atoms with E-state index in [2.05, 4.69) is 16.0 Å². The molecule has 0 radical (unpaired) electrons. The summed E-state index contributed by atoms with van der Waals surface area (Å²) in [7, 11) is 0. The van der Waals surface area contributed by atoms with Crippen molar-refractivity contribution in [3.8, 4) is 0 Å². The smallest absolute Gasteiger partial charge is 0.315 e. The molecule has 19 heavy (non-hydrogen) atoms. The van der Waals surface area contributed by atoms with Crippen molar-refractivity contribution in [3.05, 3.63) is 0 Å². The van der Waals surface area contributed by atoms with Crippen LogP contribution in [0.25, 0.3) is 0 Å². The van der Waals surface area contributed by atoms with Crippen molar-refractivity contribution in [1.82, 2.24) is 16.0 Å². The minimum Gasteiger partial charge on any atom is -0.481 e. The lowest BCUT2D eigenvalue weighted by molar-refractivity contribution is -0.137. The van der Waals surface area contributed by atoms with Crippen molar-refractivity contribution in [3.63, 3.8) is 0 Å². The molecule has 0 saturated heterocycles. The maximum atomic E-state index is 11.6. The molecule has 1 saturated carbocycles. The third-order valence-electron chi connectivity index (χ3n) is 2.80. The monoisotopic (exact) mass is 271 g/mol. The molecule has 1 aliphatic carbocycles. The molecule has 2 unspecified atom stereocenters. The molecule has 3 amide bonds. The zero-order valence-electron chi connectivity index (χ0n) is 11.2. The van der Waals surface area contributed by atoms with E-state index in [1.807, 2.05) is 0 Å². The highest BCUT2D eigenvalue weighted by Crippen LogP contribution is 2.18. The van der Waals surface area contributed by atoms with Crippen molar-refractivity contribution >= 4 is 17.9 Å². The predicted molar refractivity (Wildman–Crippen MR) is 68.6 cm³/mol. The van der Waals surface area contributed by atoms with Crippen LogP contribution in [0, 0.1) is 5.92 Å². The Morgan fingerprint density at radius 2 is 1.89 bits per heavy atom. The Kier molecular flexibility index (Phi) is 5.59. The Balaban J connectivity index is 2.18. The first-order chi connectivity index (χ1) is 8.88. The highest BCUT2D eigenvalue weighted by Gasteiger charge is 2.26. The number of urea groups is 1. The number of amides is 3. The van der Waals surface area contributed by atoms with Gasteiger partial charge in [0.1, 0.15) is 6.04 Å². The third kappa shape index (κ3) is 6.64. The van der Waals surface area contributed by atoms with E-state index in [0.717, 1.165) is 12.8 Å². The largest absolute Gasteiger partial charge is 0.481 e. The average molecular weight is 271 g/mol. The maximum absolute atomic E-state index is 11.6. The van der Waals surface area contributed by atoms with Gasteiger partial charge in [-0.25, -0.2) is 4.79 Å². The molecular formula is C12H21N3O4. The fourth-order valence-corrected chi connectivity index (χ4v) is 1.50. The number of aliphatic carboxylic acids is 1. The molecule has 0 bridgehead atoms. The van der Waals surface area contributed by atoms with Crippen LogP contribution in [0.3, 0.4) is 0 Å². The first-order valence-electron chi connectivity index (χ1n) is 6.45. The average Bonchev–Trinajstić information content (AvgIpc) is 3.09. The molecule has 2 atom stereocenters. The number of carbonyl (C=O) groups is 3. The summed E-state index contributed by atoms with van der Waals surface area (Å²) >= 11 is 0. The Hall–Kier alpha value is -1.79. The molecule has 108 valence electrons. The van der Waals surface area contributed by atoms with Crippen LogP contribution in [0.1, 0.15) is 33.1 Å². The van der Waals surface area contributed by atoms with E-state index in [-0.39, 0.29) is 30.8 Å². The number of nitrogens with one attached hydrogen (secondary N) is 3. The summed E-state index contributed by atoms with van der Waals surface area (Å²) < 4.78 is 0. The van der Waals surface area contributed by atoms with Gasteiger partial charge < -0.3 is 21.1 Å². The van der Waals surface area contributed by atoms with Crippen molar-refractivity contribution in [2.45, 2.75) is 45.2 Å². The number of hydrogen-bond acceptors (Lipinski definition) is 3. The molecule has 0 aromatic heterocycles. The van der Waals surface area contributed by atoms with Gasteiger partial charge in [0.2, 0.25) is 5.91 Å². The third-order valence-corrected chi connectivity index (χ3v) is 2.80. The predicted octanol–water partition coefficient (Wildman–Crippen LogP) is 0.0635. The van der Waals surface area contributed by atoms with E-state index in [1.165, 1.54) is 0 Å². The normalized spacial score (nSPS) is 17.2. The summed E-state index contributed by atoms with van der Waals surface area (Å²) in [5.74, 6) is -1.25. The zero-order chi connectivity index (χ0) is 14.4. The van der Waals surface area contributed by atoms with Crippen LogP contribution in [-0.4, -0.2) is 41.6 Å². The van der Waals surface area contributed by atoms with Crippen molar-refractivity contribution in [1.29, 1.82) is 0 Å². The van der Waals surface area contributed by atoms with Crippen LogP contribution >= 0.6 is 0 Å². The van der Waals surface area contributed by atoms with Gasteiger partial charge in [-0.2, -0.15) is 0 Å². The molecule has 1 aliphatic rings. The number of rotatable bonds is 7. The quantitative estimate of drug-likeness (QED) is 0.525. The first kappa shape index (κ1) is 15.3. The molecule has 0 aliphatic heterocycles. The Labute approximate surface area is 112 Å². The van der Waals surface area contributed by atoms with Crippen LogP contribution in [0.5, 0.6) is 0 Å². The number of carbonyl (C=O) groups excluding carboxylic acids is 2. The molecule has 7 heteroatoms. The maximum Gasteiger partial charge on any atom is 0.315 e. The van der Waals surface area contributed by atoms with E-state index in [4.69, 9.17) is 5.11 Å². The summed E-state index contributed by atoms with van der Waals surface area (Å²) in [6, 6.07) is -0.804. The van der Waals surface area contributed by atoms with E-state index in [0.29, 0.717) is 0 Å². The lowest BCUT2D eigenvalue weighted by Gasteiger charge is -2.16. The topological polar surface area (TPSA) is 108 Å². The van der Waals surface area contributed by atoms with E-state index in [9.17, 15) is 14.4 Å². The van der Waals surface area contributed by atoms with Crippen molar-refractivity contribution < 1.29 is 19.5 Å². The molecule has 0 spiro atoms. The van der Waals surface area contributed by atoms with Crippen molar-refractivity contribution in [2.75, 3.05) is 6.54 Å². The summed E-state index contributed by atoms with van der Waals surface area (Å²) in [5, 5.41) is 16.4. The highest BCUT2D eigenvalue weighted by molar-refractivity contribution is 5.86. The van der Waals surface area contributed by atoms with Gasteiger partial charge in [-0.05, 0) is 25.7 Å². The van der Waals surface area contributed by atoms with E-state index >= 15 is 0 Å². The van der Waals surface area contributed by atoms with Gasteiger partial charge in [-0.15, -0.1) is 0 Å². The molecule has 1 fully saturated rings.